The van der Waals surface area contributed by atoms with Gasteiger partial charge in [0, 0.05) is 18.3 Å². The summed E-state index contributed by atoms with van der Waals surface area (Å²) in [7, 11) is 0. The van der Waals surface area contributed by atoms with E-state index < -0.39 is 23.6 Å². The quantitative estimate of drug-likeness (QED) is 0.690. The molecular formula is C22H18F2N2O3. The minimum absolute atomic E-state index is 0.0715. The highest BCUT2D eigenvalue weighted by Crippen LogP contribution is 2.37. The molecule has 0 radical (unpaired) electrons. The number of anilines is 1. The lowest BCUT2D eigenvalue weighted by Crippen LogP contribution is -2.30. The number of halogens is 2. The number of carbonyl (C=O) groups excluding carboxylic acids is 1. The molecule has 148 valence electrons. The summed E-state index contributed by atoms with van der Waals surface area (Å²) >= 11 is 0. The van der Waals surface area contributed by atoms with Crippen LogP contribution in [0, 0.1) is 0 Å². The van der Waals surface area contributed by atoms with E-state index in [1.807, 2.05) is 36.4 Å². The molecule has 0 unspecified atom stereocenters. The number of aromatic nitrogens is 1. The van der Waals surface area contributed by atoms with Gasteiger partial charge in [0.15, 0.2) is 0 Å². The van der Waals surface area contributed by atoms with Crippen LogP contribution in [-0.4, -0.2) is 22.5 Å². The number of ether oxygens (including phenoxy) is 1. The Kier molecular flexibility index (Phi) is 5.12. The van der Waals surface area contributed by atoms with E-state index in [9.17, 15) is 18.7 Å². The number of pyridine rings is 1. The second-order valence-corrected chi connectivity index (χ2v) is 6.68. The number of nitrogens with zero attached hydrogens (tertiary/aromatic N) is 2. The molecule has 1 aromatic heterocycles. The summed E-state index contributed by atoms with van der Waals surface area (Å²) in [5.41, 5.74) is 1.16. The van der Waals surface area contributed by atoms with Crippen molar-refractivity contribution in [3.8, 4) is 11.5 Å². The van der Waals surface area contributed by atoms with E-state index in [2.05, 4.69) is 4.98 Å². The van der Waals surface area contributed by atoms with Crippen molar-refractivity contribution in [2.75, 3.05) is 11.4 Å². The van der Waals surface area contributed by atoms with Crippen molar-refractivity contribution in [3.05, 3.63) is 83.0 Å². The summed E-state index contributed by atoms with van der Waals surface area (Å²) in [5.74, 6) is -0.661. The minimum atomic E-state index is -2.81. The Morgan fingerprint density at radius 1 is 1.17 bits per heavy atom. The van der Waals surface area contributed by atoms with E-state index in [-0.39, 0.29) is 17.9 Å². The van der Waals surface area contributed by atoms with Gasteiger partial charge in [0.05, 0.1) is 0 Å². The zero-order valence-corrected chi connectivity index (χ0v) is 15.4. The zero-order chi connectivity index (χ0) is 20.4. The summed E-state index contributed by atoms with van der Waals surface area (Å²) in [6.45, 7) is 0.460. The van der Waals surface area contributed by atoms with Crippen LogP contribution in [0.1, 0.15) is 33.5 Å². The molecule has 29 heavy (non-hydrogen) atoms. The number of fused-ring (bicyclic) bond motifs is 1. The number of phenolic OH excluding ortho intramolecular Hbond substituents is 1. The monoisotopic (exact) mass is 396 g/mol. The number of aromatic hydroxyl groups is 1. The Balaban J connectivity index is 1.71. The van der Waals surface area contributed by atoms with Crippen LogP contribution >= 0.6 is 0 Å². The van der Waals surface area contributed by atoms with Crippen molar-refractivity contribution >= 4 is 11.7 Å². The van der Waals surface area contributed by atoms with Crippen LogP contribution in [-0.2, 0) is 13.0 Å². The van der Waals surface area contributed by atoms with E-state index >= 15 is 0 Å². The Morgan fingerprint density at radius 3 is 2.72 bits per heavy atom. The topological polar surface area (TPSA) is 62.7 Å². The van der Waals surface area contributed by atoms with Crippen molar-refractivity contribution < 1.29 is 23.4 Å². The van der Waals surface area contributed by atoms with Crippen LogP contribution < -0.4 is 9.64 Å². The molecule has 4 rings (SSSR count). The molecule has 1 aliphatic heterocycles. The Morgan fingerprint density at radius 2 is 1.97 bits per heavy atom. The SMILES string of the molecule is O=C(c1c(O)cc(C(F)F)cc1OCc1ccccc1)N1CCc2cccnc21. The van der Waals surface area contributed by atoms with Gasteiger partial charge in [0.1, 0.15) is 29.5 Å². The second-order valence-electron chi connectivity index (χ2n) is 6.68. The van der Waals surface area contributed by atoms with Crippen molar-refractivity contribution in [1.29, 1.82) is 0 Å². The van der Waals surface area contributed by atoms with E-state index in [1.165, 1.54) is 4.90 Å². The van der Waals surface area contributed by atoms with Gasteiger partial charge < -0.3 is 9.84 Å². The summed E-state index contributed by atoms with van der Waals surface area (Å²) in [6, 6.07) is 14.8. The van der Waals surface area contributed by atoms with Crippen LogP contribution in [0.25, 0.3) is 0 Å². The van der Waals surface area contributed by atoms with Gasteiger partial charge in [0.2, 0.25) is 0 Å². The molecule has 5 nitrogen and oxygen atoms in total. The number of hydrogen-bond donors (Lipinski definition) is 1. The maximum Gasteiger partial charge on any atom is 0.267 e. The maximum absolute atomic E-state index is 13.2. The smallest absolute Gasteiger partial charge is 0.267 e. The highest BCUT2D eigenvalue weighted by Gasteiger charge is 2.31. The van der Waals surface area contributed by atoms with Gasteiger partial charge in [0.25, 0.3) is 12.3 Å². The third-order valence-electron chi connectivity index (χ3n) is 4.78. The number of rotatable bonds is 5. The first-order valence-corrected chi connectivity index (χ1v) is 9.12. The molecule has 1 N–H and O–H groups in total. The van der Waals surface area contributed by atoms with Crippen LogP contribution in [0.15, 0.2) is 60.8 Å². The fraction of sp³-hybridized carbons (Fsp3) is 0.182. The number of benzene rings is 2. The fourth-order valence-electron chi connectivity index (χ4n) is 3.35. The van der Waals surface area contributed by atoms with Gasteiger partial charge in [-0.1, -0.05) is 36.4 Å². The van der Waals surface area contributed by atoms with Crippen LogP contribution in [0.3, 0.4) is 0 Å². The summed E-state index contributed by atoms with van der Waals surface area (Å²) in [4.78, 5) is 18.9. The molecule has 0 saturated carbocycles. The van der Waals surface area contributed by atoms with E-state index in [4.69, 9.17) is 4.74 Å². The lowest BCUT2D eigenvalue weighted by molar-refractivity contribution is 0.0980. The molecule has 1 amide bonds. The largest absolute Gasteiger partial charge is 0.507 e. The molecule has 0 spiro atoms. The molecule has 1 aliphatic rings. The third-order valence-corrected chi connectivity index (χ3v) is 4.78. The zero-order valence-electron chi connectivity index (χ0n) is 15.4. The fourth-order valence-corrected chi connectivity index (χ4v) is 3.35. The molecule has 0 aliphatic carbocycles. The Labute approximate surface area is 166 Å². The van der Waals surface area contributed by atoms with E-state index in [1.54, 1.807) is 12.3 Å². The number of carbonyl (C=O) groups is 1. The third kappa shape index (κ3) is 3.76. The van der Waals surface area contributed by atoms with Gasteiger partial charge in [-0.2, -0.15) is 0 Å². The molecule has 0 saturated heterocycles. The van der Waals surface area contributed by atoms with Crippen molar-refractivity contribution in [2.24, 2.45) is 0 Å². The maximum atomic E-state index is 13.2. The first-order chi connectivity index (χ1) is 14.0. The normalized spacial score (nSPS) is 12.9. The second kappa shape index (κ2) is 7.87. The van der Waals surface area contributed by atoms with Gasteiger partial charge >= 0.3 is 0 Å². The Bertz CT molecular complexity index is 1040. The van der Waals surface area contributed by atoms with Crippen molar-refractivity contribution in [3.63, 3.8) is 0 Å². The van der Waals surface area contributed by atoms with Crippen molar-refractivity contribution in [2.45, 2.75) is 19.5 Å². The van der Waals surface area contributed by atoms with Crippen LogP contribution in [0.2, 0.25) is 0 Å². The lowest BCUT2D eigenvalue weighted by atomic mass is 10.1. The number of phenols is 1. The standard InChI is InChI=1S/C22H18F2N2O3/c23-20(24)16-11-17(27)19(18(12-16)29-13-14-5-2-1-3-6-14)22(28)26-10-8-15-7-4-9-25-21(15)26/h1-7,9,11-12,20,27H,8,10,13H2. The molecule has 7 heteroatoms. The highest BCUT2D eigenvalue weighted by molar-refractivity contribution is 6.10. The minimum Gasteiger partial charge on any atom is -0.507 e. The van der Waals surface area contributed by atoms with Crippen LogP contribution in [0.4, 0.5) is 14.6 Å². The molecule has 2 heterocycles. The molecule has 0 atom stereocenters. The van der Waals surface area contributed by atoms with E-state index in [0.717, 1.165) is 23.3 Å². The molecule has 3 aromatic rings. The predicted octanol–water partition coefficient (Wildman–Crippen LogP) is 4.51. The number of amides is 1. The van der Waals surface area contributed by atoms with Gasteiger partial charge in [-0.15, -0.1) is 0 Å². The average molecular weight is 396 g/mol. The Hall–Kier alpha value is -3.48. The molecule has 2 aromatic carbocycles. The lowest BCUT2D eigenvalue weighted by Gasteiger charge is -2.20. The first-order valence-electron chi connectivity index (χ1n) is 9.12. The van der Waals surface area contributed by atoms with Gasteiger partial charge in [-0.25, -0.2) is 13.8 Å². The van der Waals surface area contributed by atoms with Crippen molar-refractivity contribution in [1.82, 2.24) is 4.98 Å². The molecular weight excluding hydrogens is 378 g/mol. The molecule has 0 fully saturated rings. The highest BCUT2D eigenvalue weighted by atomic mass is 19.3. The summed E-state index contributed by atoms with van der Waals surface area (Å²) in [5, 5.41) is 10.4. The first kappa shape index (κ1) is 18.9. The van der Waals surface area contributed by atoms with Crippen LogP contribution in [0.5, 0.6) is 11.5 Å². The average Bonchev–Trinajstić information content (AvgIpc) is 3.16. The van der Waals surface area contributed by atoms with Gasteiger partial charge in [-0.05, 0) is 35.7 Å². The number of hydrogen-bond acceptors (Lipinski definition) is 4. The van der Waals surface area contributed by atoms with E-state index in [0.29, 0.717) is 18.8 Å². The van der Waals surface area contributed by atoms with Gasteiger partial charge in [-0.3, -0.25) is 9.69 Å². The number of alkyl halides is 2. The summed E-state index contributed by atoms with van der Waals surface area (Å²) < 4.78 is 32.2. The molecule has 0 bridgehead atoms. The predicted molar refractivity (Wildman–Crippen MR) is 103 cm³/mol. The summed E-state index contributed by atoms with van der Waals surface area (Å²) in [6.07, 6.45) is -0.597.